The van der Waals surface area contributed by atoms with Crippen molar-refractivity contribution in [3.05, 3.63) is 60.2 Å². The van der Waals surface area contributed by atoms with Crippen LogP contribution < -0.4 is 11.1 Å². The summed E-state index contributed by atoms with van der Waals surface area (Å²) < 4.78 is 5.00. The summed E-state index contributed by atoms with van der Waals surface area (Å²) in [5, 5.41) is 67.0. The smallest absolute Gasteiger partial charge is 0.461 e. The van der Waals surface area contributed by atoms with E-state index >= 15 is 0 Å². The molecular formula is C25H39BN4O10. The van der Waals surface area contributed by atoms with Crippen LogP contribution >= 0.6 is 0 Å². The molecule has 1 aromatic carbocycles. The minimum absolute atomic E-state index is 0.00932. The molecule has 0 aliphatic carbocycles. The lowest BCUT2D eigenvalue weighted by atomic mass is 9.76. The molecule has 2 rings (SSSR count). The molecule has 0 saturated heterocycles. The van der Waals surface area contributed by atoms with E-state index in [0.29, 0.717) is 12.3 Å². The van der Waals surface area contributed by atoms with Gasteiger partial charge in [-0.25, -0.2) is 9.78 Å². The van der Waals surface area contributed by atoms with Gasteiger partial charge in [0.1, 0.15) is 42.8 Å². The van der Waals surface area contributed by atoms with Crippen molar-refractivity contribution in [3.8, 4) is 0 Å². The summed E-state index contributed by atoms with van der Waals surface area (Å²) in [4.78, 5) is 32.6. The molecule has 0 radical (unpaired) electrons. The number of aromatic nitrogens is 2. The molecule has 40 heavy (non-hydrogen) atoms. The molecule has 10 N–H and O–H groups in total. The zero-order valence-electron chi connectivity index (χ0n) is 22.4. The lowest BCUT2D eigenvalue weighted by Crippen LogP contribution is -2.49. The van der Waals surface area contributed by atoms with Gasteiger partial charge in [0.05, 0.1) is 12.8 Å². The number of amides is 1. The lowest BCUT2D eigenvalue weighted by molar-refractivity contribution is -0.158. The molecule has 0 aliphatic rings. The van der Waals surface area contributed by atoms with Crippen molar-refractivity contribution in [2.45, 2.75) is 63.1 Å². The number of hydrogen-bond acceptors (Lipinski definition) is 13. The van der Waals surface area contributed by atoms with Crippen molar-refractivity contribution in [2.75, 3.05) is 13.2 Å². The van der Waals surface area contributed by atoms with Gasteiger partial charge in [-0.15, -0.1) is 0 Å². The van der Waals surface area contributed by atoms with Crippen LogP contribution in [-0.4, -0.2) is 114 Å². The first-order valence-corrected chi connectivity index (χ1v) is 12.6. The van der Waals surface area contributed by atoms with Crippen LogP contribution in [0.3, 0.4) is 0 Å². The molecule has 15 heteroatoms. The van der Waals surface area contributed by atoms with Gasteiger partial charge < -0.3 is 51.4 Å². The van der Waals surface area contributed by atoms with Crippen LogP contribution in [0, 0.1) is 5.92 Å². The summed E-state index contributed by atoms with van der Waals surface area (Å²) in [5.41, 5.74) is 6.04. The third-order valence-electron chi connectivity index (χ3n) is 5.52. The molecule has 0 bridgehead atoms. The summed E-state index contributed by atoms with van der Waals surface area (Å²) in [6, 6.07) is 7.67. The Bertz CT molecular complexity index is 990. The number of nitrogens with two attached hydrogens (primary N) is 1. The fourth-order valence-electron chi connectivity index (χ4n) is 3.29. The predicted octanol–water partition coefficient (Wildman–Crippen LogP) is -2.83. The third-order valence-corrected chi connectivity index (χ3v) is 5.52. The highest BCUT2D eigenvalue weighted by molar-refractivity contribution is 6.43. The van der Waals surface area contributed by atoms with Crippen LogP contribution in [0.1, 0.15) is 36.3 Å². The van der Waals surface area contributed by atoms with E-state index in [1.165, 1.54) is 18.6 Å². The summed E-state index contributed by atoms with van der Waals surface area (Å²) in [5.74, 6) is -1.63. The summed E-state index contributed by atoms with van der Waals surface area (Å²) in [6.07, 6.45) is -2.48. The van der Waals surface area contributed by atoms with E-state index in [1.54, 1.807) is 30.3 Å². The minimum atomic E-state index is -1.88. The van der Waals surface area contributed by atoms with E-state index < -0.39 is 68.6 Å². The second-order valence-electron chi connectivity index (χ2n) is 9.44. The molecule has 0 unspecified atom stereocenters. The largest absolute Gasteiger partial charge is 0.469 e. The first-order chi connectivity index (χ1) is 18.9. The molecule has 0 fully saturated rings. The van der Waals surface area contributed by atoms with Crippen LogP contribution in [-0.2, 0) is 16.0 Å². The van der Waals surface area contributed by atoms with Gasteiger partial charge in [0, 0.05) is 24.8 Å². The van der Waals surface area contributed by atoms with Gasteiger partial charge in [-0.05, 0) is 17.9 Å². The Hall–Kier alpha value is -3.02. The highest BCUT2D eigenvalue weighted by Crippen LogP contribution is 2.09. The van der Waals surface area contributed by atoms with Crippen LogP contribution in [0.4, 0.5) is 0 Å². The Morgan fingerprint density at radius 3 is 2.15 bits per heavy atom. The second kappa shape index (κ2) is 18.4. The number of esters is 1. The number of benzene rings is 1. The Morgan fingerprint density at radius 1 is 1.02 bits per heavy atom. The minimum Gasteiger partial charge on any atom is -0.461 e. The molecule has 0 spiro atoms. The number of nitrogens with one attached hydrogen (secondary N) is 1. The average Bonchev–Trinajstić information content (AvgIpc) is 2.94. The van der Waals surface area contributed by atoms with Crippen molar-refractivity contribution in [1.82, 2.24) is 15.3 Å². The fraction of sp³-hybridized carbons (Fsp3) is 0.520. The first-order valence-electron chi connectivity index (χ1n) is 12.6. The van der Waals surface area contributed by atoms with E-state index in [0.717, 1.165) is 5.56 Å². The quantitative estimate of drug-likeness (QED) is 0.0827. The van der Waals surface area contributed by atoms with Crippen molar-refractivity contribution in [2.24, 2.45) is 11.7 Å². The normalized spacial score (nSPS) is 15.5. The molecule has 222 valence electrons. The van der Waals surface area contributed by atoms with Crippen LogP contribution in [0.5, 0.6) is 0 Å². The Morgan fingerprint density at radius 2 is 1.65 bits per heavy atom. The van der Waals surface area contributed by atoms with Crippen molar-refractivity contribution in [3.63, 3.8) is 0 Å². The number of nitrogens with zero attached hydrogens (tertiary/aromatic N) is 2. The number of ether oxygens (including phenoxy) is 1. The molecule has 1 amide bonds. The number of rotatable bonds is 14. The fourth-order valence-corrected chi connectivity index (χ4v) is 3.29. The number of aliphatic hydroxyl groups is 5. The maximum absolute atomic E-state index is 12.6. The van der Waals surface area contributed by atoms with Crippen molar-refractivity contribution >= 4 is 19.0 Å². The van der Waals surface area contributed by atoms with Crippen molar-refractivity contribution in [1.29, 1.82) is 0 Å². The number of aliphatic hydroxyl groups excluding tert-OH is 5. The Balaban J connectivity index is 0.000000763. The number of carbonyl (C=O) groups is 2. The van der Waals surface area contributed by atoms with E-state index in [4.69, 9.17) is 25.6 Å². The zero-order chi connectivity index (χ0) is 30.2. The highest BCUT2D eigenvalue weighted by Gasteiger charge is 2.32. The number of hydrogen-bond donors (Lipinski definition) is 9. The van der Waals surface area contributed by atoms with Gasteiger partial charge in [-0.3, -0.25) is 9.78 Å². The maximum Gasteiger partial charge on any atom is 0.469 e. The SMILES string of the molecule is CC(C)C[C@H](N)B(O)O.O=C(N[C@@H](Cc1ccccc1)C(=O)OC[C@@H](O)[C@@H](O)[C@H](O)[C@H](O)CO)c1cnccn1. The molecule has 14 nitrogen and oxygen atoms in total. The zero-order valence-corrected chi connectivity index (χ0v) is 22.4. The maximum atomic E-state index is 12.6. The molecule has 2 aromatic rings. The van der Waals surface area contributed by atoms with Gasteiger partial charge >= 0.3 is 13.1 Å². The molecule has 1 aromatic heterocycles. The summed E-state index contributed by atoms with van der Waals surface area (Å²) in [7, 11) is -1.37. The molecule has 0 aliphatic heterocycles. The average molecular weight is 566 g/mol. The topological polar surface area (TPSA) is 249 Å². The van der Waals surface area contributed by atoms with E-state index in [2.05, 4.69) is 15.3 Å². The summed E-state index contributed by atoms with van der Waals surface area (Å²) >= 11 is 0. The second-order valence-corrected chi connectivity index (χ2v) is 9.44. The predicted molar refractivity (Wildman–Crippen MR) is 143 cm³/mol. The van der Waals surface area contributed by atoms with E-state index in [9.17, 15) is 30.0 Å². The molecular weight excluding hydrogens is 527 g/mol. The van der Waals surface area contributed by atoms with Crippen LogP contribution in [0.25, 0.3) is 0 Å². The van der Waals surface area contributed by atoms with Crippen molar-refractivity contribution < 1.29 is 49.9 Å². The van der Waals surface area contributed by atoms with Gasteiger partial charge in [0.15, 0.2) is 0 Å². The van der Waals surface area contributed by atoms with E-state index in [-0.39, 0.29) is 12.1 Å². The van der Waals surface area contributed by atoms with Crippen LogP contribution in [0.15, 0.2) is 48.9 Å². The van der Waals surface area contributed by atoms with Gasteiger partial charge in [0.25, 0.3) is 5.91 Å². The Labute approximate surface area is 232 Å². The van der Waals surface area contributed by atoms with E-state index in [1.807, 2.05) is 13.8 Å². The molecule has 1 heterocycles. The monoisotopic (exact) mass is 566 g/mol. The Kier molecular flexibility index (Phi) is 16.1. The first kappa shape index (κ1) is 35.0. The highest BCUT2D eigenvalue weighted by atomic mass is 16.5. The molecule has 0 saturated carbocycles. The third kappa shape index (κ3) is 12.9. The lowest BCUT2D eigenvalue weighted by Gasteiger charge is -2.26. The number of carbonyl (C=O) groups excluding carboxylic acids is 2. The van der Waals surface area contributed by atoms with Gasteiger partial charge in [-0.2, -0.15) is 0 Å². The standard InChI is InChI=1S/C20H25N3O8.C5H14BNO2/c24-10-15(25)17(27)18(28)16(26)11-31-20(30)13(8-12-4-2-1-3-5-12)23-19(29)14-9-21-6-7-22-14;1-4(2)3-5(7)6(8)9/h1-7,9,13,15-18,24-28H,8,10-11H2,(H,23,29);4-5,8-9H,3,7H2,1-2H3/t13-,15+,16+,17+,18+;5-/m00/s1. The summed E-state index contributed by atoms with van der Waals surface area (Å²) in [6.45, 7) is 2.42. The van der Waals surface area contributed by atoms with Crippen LogP contribution in [0.2, 0.25) is 0 Å². The van der Waals surface area contributed by atoms with Gasteiger partial charge in [0.2, 0.25) is 0 Å². The molecule has 6 atom stereocenters. The van der Waals surface area contributed by atoms with Gasteiger partial charge in [-0.1, -0.05) is 44.2 Å².